The average molecular weight is 1320 g/mol. The van der Waals surface area contributed by atoms with Gasteiger partial charge in [-0.15, -0.1) is 89.5 Å². The molecule has 0 N–H and O–H groups in total. The van der Waals surface area contributed by atoms with Gasteiger partial charge in [-0.25, -0.2) is 0 Å². The quantitative estimate of drug-likeness (QED) is 0.101. The molecule has 14 rings (SSSR count). The summed E-state index contributed by atoms with van der Waals surface area (Å²) in [6.07, 6.45) is 5.44. The largest absolute Gasteiger partial charge is 0.328 e. The Bertz CT molecular complexity index is 4170. The van der Waals surface area contributed by atoms with Crippen molar-refractivity contribution in [2.45, 2.75) is 0 Å². The number of nitrogens with zero attached hydrogens (tertiary/aromatic N) is 6. The molecule has 0 aliphatic rings. The van der Waals surface area contributed by atoms with Crippen LogP contribution in [0.2, 0.25) is 0 Å². The van der Waals surface area contributed by atoms with E-state index in [0.29, 0.717) is 0 Å². The maximum absolute atomic E-state index is 4.50. The van der Waals surface area contributed by atoms with Gasteiger partial charge >= 0.3 is 0 Å². The molecule has 0 aliphatic heterocycles. The van der Waals surface area contributed by atoms with Gasteiger partial charge in [-0.05, 0) is 112 Å². The van der Waals surface area contributed by atoms with Crippen LogP contribution in [-0.4, -0.2) is 19.5 Å². The first-order chi connectivity index (χ1) is 39.2. The number of rotatable bonds is 10. The summed E-state index contributed by atoms with van der Waals surface area (Å²) < 4.78 is 2.31. The molecule has 0 aliphatic carbocycles. The normalized spacial score (nSPS) is 10.4. The third-order valence-corrected chi connectivity index (χ3v) is 13.6. The number of anilines is 6. The summed E-state index contributed by atoms with van der Waals surface area (Å²) in [6, 6.07) is 110. The van der Waals surface area contributed by atoms with Gasteiger partial charge in [-0.2, -0.15) is 0 Å². The van der Waals surface area contributed by atoms with Gasteiger partial charge in [0.1, 0.15) is 0 Å². The summed E-state index contributed by atoms with van der Waals surface area (Å²) in [4.78, 5) is 17.9. The molecule has 6 nitrogen and oxygen atoms in total. The molecule has 403 valence electrons. The molecule has 0 amide bonds. The van der Waals surface area contributed by atoms with Gasteiger partial charge in [0.05, 0.1) is 16.7 Å². The Hall–Kier alpha value is -8.82. The summed E-state index contributed by atoms with van der Waals surface area (Å²) in [5.74, 6) is 0. The minimum absolute atomic E-state index is 0. The van der Waals surface area contributed by atoms with E-state index < -0.39 is 0 Å². The first-order valence-corrected chi connectivity index (χ1v) is 26.2. The van der Waals surface area contributed by atoms with Crippen LogP contribution in [0.3, 0.4) is 0 Å². The number of aromatic nitrogens is 4. The van der Waals surface area contributed by atoms with E-state index in [9.17, 15) is 0 Å². The zero-order valence-corrected chi connectivity index (χ0v) is 49.0. The Balaban J connectivity index is 0.000000146. The van der Waals surface area contributed by atoms with E-state index in [0.717, 1.165) is 73.6 Å². The number of fused-ring (bicyclic) bond motifs is 4. The second-order valence-electron chi connectivity index (χ2n) is 18.6. The van der Waals surface area contributed by atoms with Gasteiger partial charge in [-0.1, -0.05) is 164 Å². The van der Waals surface area contributed by atoms with E-state index in [1.165, 1.54) is 32.6 Å². The fourth-order valence-corrected chi connectivity index (χ4v) is 10.0. The molecular weight excluding hydrogens is 1270 g/mol. The summed E-state index contributed by atoms with van der Waals surface area (Å²) in [6.45, 7) is 0. The summed E-state index contributed by atoms with van der Waals surface area (Å²) in [5.41, 5.74) is 15.9. The first-order valence-electron chi connectivity index (χ1n) is 26.2. The van der Waals surface area contributed by atoms with Crippen LogP contribution < -0.4 is 9.80 Å². The third kappa shape index (κ3) is 13.0. The Labute approximate surface area is 517 Å². The van der Waals surface area contributed by atoms with Crippen LogP contribution in [0.25, 0.3) is 72.0 Å². The Morgan fingerprint density at radius 3 is 1.15 bits per heavy atom. The van der Waals surface area contributed by atoms with Crippen molar-refractivity contribution in [1.82, 2.24) is 19.5 Å². The van der Waals surface area contributed by atoms with E-state index in [2.05, 4.69) is 248 Å². The van der Waals surface area contributed by atoms with Gasteiger partial charge in [0.15, 0.2) is 0 Å². The molecule has 0 bridgehead atoms. The molecule has 10 aromatic carbocycles. The number of hydrogen-bond donors (Lipinski definition) is 0. The van der Waals surface area contributed by atoms with Crippen LogP contribution >= 0.6 is 0 Å². The van der Waals surface area contributed by atoms with Crippen molar-refractivity contribution in [3.05, 3.63) is 328 Å². The van der Waals surface area contributed by atoms with Crippen LogP contribution in [0.4, 0.5) is 34.1 Å². The molecule has 9 heteroatoms. The van der Waals surface area contributed by atoms with Gasteiger partial charge in [0.2, 0.25) is 0 Å². The molecule has 0 atom stereocenters. The minimum Gasteiger partial charge on any atom is -0.328 e. The predicted octanol–water partition coefficient (Wildman–Crippen LogP) is 18.8. The van der Waals surface area contributed by atoms with Gasteiger partial charge < -0.3 is 29.3 Å². The second kappa shape index (κ2) is 28.1. The van der Waals surface area contributed by atoms with Crippen molar-refractivity contribution in [3.63, 3.8) is 0 Å². The van der Waals surface area contributed by atoms with Crippen LogP contribution in [0.1, 0.15) is 0 Å². The third-order valence-electron chi connectivity index (χ3n) is 13.6. The molecule has 0 fully saturated rings. The van der Waals surface area contributed by atoms with Gasteiger partial charge in [-0.3, -0.25) is 0 Å². The molecule has 0 unspecified atom stereocenters. The molecule has 4 heterocycles. The molecule has 0 saturated heterocycles. The predicted molar refractivity (Wildman–Crippen MR) is 327 cm³/mol. The monoisotopic (exact) mass is 1320 g/mol. The van der Waals surface area contributed by atoms with Gasteiger partial charge in [0.25, 0.3) is 0 Å². The van der Waals surface area contributed by atoms with E-state index in [1.807, 2.05) is 110 Å². The maximum Gasteiger partial charge on any atom is 0.0523 e. The fraction of sp³-hybridized carbons (Fsp3) is 0. The summed E-state index contributed by atoms with van der Waals surface area (Å²) >= 11 is 0. The van der Waals surface area contributed by atoms with Crippen LogP contribution in [0.15, 0.2) is 310 Å². The van der Waals surface area contributed by atoms with Crippen LogP contribution in [0.5, 0.6) is 0 Å². The zero-order valence-electron chi connectivity index (χ0n) is 44.1. The van der Waals surface area contributed by atoms with Crippen LogP contribution in [0, 0.1) is 18.2 Å². The standard InChI is InChI=1S/C27H19N2.C23H15N2.C23H17N2.3Rh/c1-2-13-23(14-3-1)29(27-18-9-11-21-10-4-5-16-25(21)27)24-15-8-12-22(20-24)26-17-6-7-19-28-26;1-3-13-22-19(10-1)20-11-2-4-14-23(20)25(22)18-9-7-8-17(16-18)21-12-5-6-15-24-21;1-3-11-20(12-4-1)25(21-13-5-2-6-14-21)22-15-9-10-19(18-22)23-16-7-8-17-24-23;;;/h1-11,13-20H;1-7,9-16H;1-9,11-18H;;;/q3*-1;;;. The van der Waals surface area contributed by atoms with E-state index in [1.54, 1.807) is 0 Å². The van der Waals surface area contributed by atoms with Crippen molar-refractivity contribution in [1.29, 1.82) is 0 Å². The van der Waals surface area contributed by atoms with E-state index in [4.69, 9.17) is 0 Å². The molecular formula is C73H51N6Rh3-3. The van der Waals surface area contributed by atoms with Crippen molar-refractivity contribution < 1.29 is 58.4 Å². The summed E-state index contributed by atoms with van der Waals surface area (Å²) in [5, 5.41) is 4.97. The van der Waals surface area contributed by atoms with Crippen LogP contribution in [-0.2, 0) is 58.4 Å². The van der Waals surface area contributed by atoms with Crippen molar-refractivity contribution >= 4 is 66.7 Å². The Morgan fingerprint density at radius 1 is 0.293 bits per heavy atom. The Morgan fingerprint density at radius 2 is 0.671 bits per heavy atom. The summed E-state index contributed by atoms with van der Waals surface area (Å²) in [7, 11) is 0. The number of benzene rings is 10. The number of hydrogen-bond acceptors (Lipinski definition) is 5. The molecule has 0 saturated carbocycles. The maximum atomic E-state index is 4.50. The minimum atomic E-state index is 0. The molecule has 0 spiro atoms. The number of pyridine rings is 3. The average Bonchev–Trinajstić information content (AvgIpc) is 3.67. The topological polar surface area (TPSA) is 50.1 Å². The van der Waals surface area contributed by atoms with Crippen molar-refractivity contribution in [2.75, 3.05) is 9.80 Å². The molecule has 3 radical (unpaired) electrons. The van der Waals surface area contributed by atoms with Crippen molar-refractivity contribution in [2.24, 2.45) is 0 Å². The first kappa shape index (κ1) is 57.9. The van der Waals surface area contributed by atoms with E-state index in [-0.39, 0.29) is 58.4 Å². The SMILES string of the molecule is [Rh].[Rh].[Rh].[c-]1ccc(-n2c3ccccc3c3ccccc32)cc1-c1ccccn1.[c-]1ccc(N(c2ccccc2)c2cccc3ccccc23)cc1-c1ccccn1.[c-]1ccc(N(c2ccccc2)c2ccccc2)cc1-c1ccccn1. The molecule has 4 aromatic heterocycles. The smallest absolute Gasteiger partial charge is 0.0523 e. The number of para-hydroxylation sites is 5. The molecule has 14 aromatic rings. The van der Waals surface area contributed by atoms with E-state index >= 15 is 0 Å². The molecule has 82 heavy (non-hydrogen) atoms. The van der Waals surface area contributed by atoms with Gasteiger partial charge in [0, 0.05) is 110 Å². The Kier molecular flexibility index (Phi) is 19.8. The zero-order chi connectivity index (χ0) is 53.0. The second-order valence-corrected chi connectivity index (χ2v) is 18.6. The van der Waals surface area contributed by atoms with Crippen molar-refractivity contribution in [3.8, 4) is 39.5 Å². The fourth-order valence-electron chi connectivity index (χ4n) is 10.0.